The quantitative estimate of drug-likeness (QED) is 0.811. The van der Waals surface area contributed by atoms with Crippen molar-refractivity contribution < 1.29 is 4.79 Å². The maximum atomic E-state index is 12.8. The Morgan fingerprint density at radius 1 is 1.37 bits per heavy atom. The van der Waals surface area contributed by atoms with Gasteiger partial charge < -0.3 is 10.6 Å². The third-order valence-corrected chi connectivity index (χ3v) is 3.74. The average molecular weight is 276 g/mol. The van der Waals surface area contributed by atoms with Crippen LogP contribution in [0.3, 0.4) is 0 Å². The van der Waals surface area contributed by atoms with Crippen molar-refractivity contribution in [1.29, 1.82) is 0 Å². The zero-order valence-corrected chi connectivity index (χ0v) is 12.1. The molecule has 0 bridgehead atoms. The molecule has 1 aromatic carbocycles. The van der Waals surface area contributed by atoms with E-state index in [1.807, 2.05) is 35.2 Å². The van der Waals surface area contributed by atoms with Crippen LogP contribution < -0.4 is 5.73 Å². The first kappa shape index (κ1) is 14.0. The van der Waals surface area contributed by atoms with E-state index in [1.54, 1.807) is 0 Å². The van der Waals surface area contributed by atoms with Crippen LogP contribution >= 0.6 is 12.2 Å². The summed E-state index contributed by atoms with van der Waals surface area (Å²) in [4.78, 5) is 15.0. The maximum Gasteiger partial charge on any atom is 0.233 e. The fourth-order valence-corrected chi connectivity index (χ4v) is 2.68. The smallest absolute Gasteiger partial charge is 0.233 e. The molecule has 1 fully saturated rings. The van der Waals surface area contributed by atoms with Gasteiger partial charge in [-0.2, -0.15) is 0 Å². The molecule has 3 nitrogen and oxygen atoms in total. The first-order valence-corrected chi connectivity index (χ1v) is 7.14. The van der Waals surface area contributed by atoms with Crippen molar-refractivity contribution in [1.82, 2.24) is 4.90 Å². The third-order valence-electron chi connectivity index (χ3n) is 3.61. The molecule has 2 rings (SSSR count). The molecule has 0 radical (unpaired) electrons. The summed E-state index contributed by atoms with van der Waals surface area (Å²) >= 11 is 4.95. The van der Waals surface area contributed by atoms with Crippen LogP contribution in [0.1, 0.15) is 31.7 Å². The van der Waals surface area contributed by atoms with Gasteiger partial charge in [0.1, 0.15) is 0 Å². The highest BCUT2D eigenvalue weighted by molar-refractivity contribution is 7.80. The molecule has 19 heavy (non-hydrogen) atoms. The summed E-state index contributed by atoms with van der Waals surface area (Å²) in [6, 6.07) is 10.0. The molecule has 4 heteroatoms. The Labute approximate surface area is 119 Å². The van der Waals surface area contributed by atoms with E-state index in [-0.39, 0.29) is 11.3 Å². The van der Waals surface area contributed by atoms with E-state index in [9.17, 15) is 4.79 Å². The summed E-state index contributed by atoms with van der Waals surface area (Å²) in [6.45, 7) is 3.16. The van der Waals surface area contributed by atoms with E-state index in [1.165, 1.54) is 0 Å². The predicted octanol–water partition coefficient (Wildman–Crippen LogP) is 2.24. The Bertz CT molecular complexity index is 468. The van der Waals surface area contributed by atoms with Crippen LogP contribution in [-0.4, -0.2) is 28.9 Å². The second-order valence-corrected chi connectivity index (χ2v) is 5.67. The minimum atomic E-state index is -0.318. The van der Waals surface area contributed by atoms with Crippen LogP contribution in [0.5, 0.6) is 0 Å². The molecule has 0 unspecified atom stereocenters. The van der Waals surface area contributed by atoms with Crippen LogP contribution in [0.2, 0.25) is 0 Å². The first-order valence-electron chi connectivity index (χ1n) is 6.73. The second kappa shape index (κ2) is 5.70. The lowest BCUT2D eigenvalue weighted by Gasteiger charge is -2.27. The molecule has 0 saturated heterocycles. The minimum Gasteiger partial charge on any atom is -0.392 e. The van der Waals surface area contributed by atoms with Gasteiger partial charge in [0.15, 0.2) is 0 Å². The summed E-state index contributed by atoms with van der Waals surface area (Å²) in [5.41, 5.74) is 6.40. The van der Waals surface area contributed by atoms with Gasteiger partial charge in [-0.15, -0.1) is 0 Å². The SMILES string of the molecule is CCCN(CC(N)=S)C(=O)C1(c2ccccc2)CC1. The van der Waals surface area contributed by atoms with Crippen LogP contribution in [0.25, 0.3) is 0 Å². The molecule has 2 N–H and O–H groups in total. The lowest BCUT2D eigenvalue weighted by molar-refractivity contribution is -0.133. The van der Waals surface area contributed by atoms with E-state index in [0.29, 0.717) is 18.1 Å². The molecule has 1 aliphatic rings. The lowest BCUT2D eigenvalue weighted by Crippen LogP contribution is -2.43. The molecular formula is C15H20N2OS. The number of rotatable bonds is 6. The molecule has 1 saturated carbocycles. The minimum absolute atomic E-state index is 0.174. The summed E-state index contributed by atoms with van der Waals surface area (Å²) in [5.74, 6) is 0.174. The van der Waals surface area contributed by atoms with Crippen molar-refractivity contribution in [2.75, 3.05) is 13.1 Å². The zero-order valence-electron chi connectivity index (χ0n) is 11.3. The fraction of sp³-hybridized carbons (Fsp3) is 0.467. The van der Waals surface area contributed by atoms with E-state index in [0.717, 1.165) is 24.8 Å². The van der Waals surface area contributed by atoms with Gasteiger partial charge >= 0.3 is 0 Å². The van der Waals surface area contributed by atoms with Crippen molar-refractivity contribution >= 4 is 23.1 Å². The molecule has 0 aliphatic heterocycles. The molecule has 0 spiro atoms. The van der Waals surface area contributed by atoms with Crippen molar-refractivity contribution in [3.05, 3.63) is 35.9 Å². The van der Waals surface area contributed by atoms with Gasteiger partial charge in [-0.1, -0.05) is 49.5 Å². The molecule has 1 amide bonds. The number of carbonyl (C=O) groups excluding carboxylic acids is 1. The summed E-state index contributed by atoms with van der Waals surface area (Å²) in [7, 11) is 0. The number of thiocarbonyl (C=S) groups is 1. The molecule has 0 aromatic heterocycles. The molecule has 1 aromatic rings. The van der Waals surface area contributed by atoms with Gasteiger partial charge in [-0.3, -0.25) is 4.79 Å². The maximum absolute atomic E-state index is 12.8. The standard InChI is InChI=1S/C15H20N2OS/c1-2-10-17(11-13(16)19)14(18)15(8-9-15)12-6-4-3-5-7-12/h3-7H,2,8-11H2,1H3,(H2,16,19). The molecular weight excluding hydrogens is 256 g/mol. The topological polar surface area (TPSA) is 46.3 Å². The zero-order chi connectivity index (χ0) is 13.9. The number of nitrogens with zero attached hydrogens (tertiary/aromatic N) is 1. The number of nitrogens with two attached hydrogens (primary N) is 1. The Kier molecular flexibility index (Phi) is 4.20. The predicted molar refractivity (Wildman–Crippen MR) is 81.0 cm³/mol. The molecule has 0 atom stereocenters. The monoisotopic (exact) mass is 276 g/mol. The van der Waals surface area contributed by atoms with E-state index >= 15 is 0 Å². The number of hydrogen-bond donors (Lipinski definition) is 1. The van der Waals surface area contributed by atoms with Crippen LogP contribution in [0.15, 0.2) is 30.3 Å². The van der Waals surface area contributed by atoms with Crippen molar-refractivity contribution in [3.63, 3.8) is 0 Å². The van der Waals surface area contributed by atoms with Crippen LogP contribution in [-0.2, 0) is 10.2 Å². The highest BCUT2D eigenvalue weighted by atomic mass is 32.1. The van der Waals surface area contributed by atoms with E-state index in [2.05, 4.69) is 6.92 Å². The average Bonchev–Trinajstić information content (AvgIpc) is 3.19. The highest BCUT2D eigenvalue weighted by Crippen LogP contribution is 2.49. The van der Waals surface area contributed by atoms with Gasteiger partial charge in [0.2, 0.25) is 5.91 Å². The molecule has 0 heterocycles. The van der Waals surface area contributed by atoms with Crippen molar-refractivity contribution in [3.8, 4) is 0 Å². The Balaban J connectivity index is 2.19. The van der Waals surface area contributed by atoms with Gasteiger partial charge in [-0.25, -0.2) is 0 Å². The van der Waals surface area contributed by atoms with Crippen molar-refractivity contribution in [2.45, 2.75) is 31.6 Å². The second-order valence-electron chi connectivity index (χ2n) is 5.14. The first-order chi connectivity index (χ1) is 9.10. The Morgan fingerprint density at radius 2 is 2.00 bits per heavy atom. The number of benzene rings is 1. The van der Waals surface area contributed by atoms with E-state index in [4.69, 9.17) is 18.0 Å². The molecule has 1 aliphatic carbocycles. The Morgan fingerprint density at radius 3 is 2.47 bits per heavy atom. The third kappa shape index (κ3) is 2.95. The normalized spacial score (nSPS) is 15.8. The van der Waals surface area contributed by atoms with E-state index < -0.39 is 0 Å². The van der Waals surface area contributed by atoms with Crippen LogP contribution in [0.4, 0.5) is 0 Å². The number of amides is 1. The molecule has 102 valence electrons. The Hall–Kier alpha value is -1.42. The lowest BCUT2D eigenvalue weighted by atomic mass is 9.94. The summed E-state index contributed by atoms with van der Waals surface area (Å²) in [6.07, 6.45) is 2.76. The van der Waals surface area contributed by atoms with Crippen molar-refractivity contribution in [2.24, 2.45) is 5.73 Å². The fourth-order valence-electron chi connectivity index (χ4n) is 2.52. The highest BCUT2D eigenvalue weighted by Gasteiger charge is 2.52. The van der Waals surface area contributed by atoms with Gasteiger partial charge in [0.25, 0.3) is 0 Å². The number of carbonyl (C=O) groups is 1. The summed E-state index contributed by atoms with van der Waals surface area (Å²) in [5, 5.41) is 0. The number of hydrogen-bond acceptors (Lipinski definition) is 2. The van der Waals surface area contributed by atoms with Gasteiger partial charge in [0.05, 0.1) is 16.9 Å². The largest absolute Gasteiger partial charge is 0.392 e. The van der Waals surface area contributed by atoms with Crippen LogP contribution in [0, 0.1) is 0 Å². The summed E-state index contributed by atoms with van der Waals surface area (Å²) < 4.78 is 0. The van der Waals surface area contributed by atoms with Gasteiger partial charge in [-0.05, 0) is 24.8 Å². The van der Waals surface area contributed by atoms with Gasteiger partial charge in [0, 0.05) is 6.54 Å².